The fraction of sp³-hybridized carbons (Fsp3) is 0.103. The van der Waals surface area contributed by atoms with Crippen molar-refractivity contribution in [2.45, 2.75) is 19.8 Å². The Morgan fingerprint density at radius 1 is 0.767 bits per heavy atom. The molecule has 1 heteroatoms. The molecule has 1 unspecified atom stereocenters. The second-order valence-electron chi connectivity index (χ2n) is 8.40. The van der Waals surface area contributed by atoms with Crippen LogP contribution in [0, 0.1) is 0 Å². The van der Waals surface area contributed by atoms with Crippen LogP contribution in [0.25, 0.3) is 27.8 Å². The Morgan fingerprint density at radius 2 is 1.50 bits per heavy atom. The van der Waals surface area contributed by atoms with E-state index in [0.29, 0.717) is 0 Å². The lowest BCUT2D eigenvalue weighted by atomic mass is 9.88. The maximum Gasteiger partial charge on any atom is 0.0585 e. The largest absolute Gasteiger partial charge is 0.309 e. The molecule has 0 spiro atoms. The van der Waals surface area contributed by atoms with Crippen LogP contribution in [-0.4, -0.2) is 4.57 Å². The van der Waals surface area contributed by atoms with Gasteiger partial charge in [0.1, 0.15) is 0 Å². The van der Waals surface area contributed by atoms with Crippen molar-refractivity contribution < 1.29 is 0 Å². The van der Waals surface area contributed by atoms with E-state index in [4.69, 9.17) is 0 Å². The lowest BCUT2D eigenvalue weighted by molar-refractivity contribution is 1.03. The second kappa shape index (κ2) is 6.47. The van der Waals surface area contributed by atoms with Gasteiger partial charge in [0.05, 0.1) is 11.2 Å². The Labute approximate surface area is 177 Å². The third kappa shape index (κ3) is 2.35. The summed E-state index contributed by atoms with van der Waals surface area (Å²) in [6.45, 7) is 4.38. The molecule has 0 amide bonds. The molecule has 0 saturated heterocycles. The van der Waals surface area contributed by atoms with E-state index in [1.54, 1.807) is 0 Å². The van der Waals surface area contributed by atoms with Crippen LogP contribution < -0.4 is 0 Å². The molecule has 1 nitrogen and oxygen atoms in total. The van der Waals surface area contributed by atoms with Crippen LogP contribution in [0.1, 0.15) is 30.9 Å². The van der Waals surface area contributed by atoms with E-state index in [-0.39, 0.29) is 5.92 Å². The van der Waals surface area contributed by atoms with Crippen LogP contribution in [0.4, 0.5) is 0 Å². The van der Waals surface area contributed by atoms with Gasteiger partial charge in [0, 0.05) is 22.6 Å². The van der Waals surface area contributed by atoms with Crippen molar-refractivity contribution in [1.82, 2.24) is 4.57 Å². The monoisotopic (exact) mass is 385 g/mol. The molecule has 0 N–H and O–H groups in total. The van der Waals surface area contributed by atoms with Crippen LogP contribution in [0.5, 0.6) is 0 Å². The zero-order chi connectivity index (χ0) is 20.2. The van der Waals surface area contributed by atoms with Crippen molar-refractivity contribution in [3.05, 3.63) is 125 Å². The number of benzene rings is 3. The third-order valence-electron chi connectivity index (χ3n) is 6.43. The smallest absolute Gasteiger partial charge is 0.0585 e. The molecule has 0 bridgehead atoms. The van der Waals surface area contributed by atoms with Gasteiger partial charge in [0.15, 0.2) is 0 Å². The number of allylic oxidation sites excluding steroid dienone is 6. The number of fused-ring (bicyclic) bond motifs is 5. The second-order valence-corrected chi connectivity index (χ2v) is 8.40. The predicted octanol–water partition coefficient (Wildman–Crippen LogP) is 7.58. The molecular formula is C29H23N. The zero-order valence-corrected chi connectivity index (χ0v) is 17.3. The van der Waals surface area contributed by atoms with Crippen molar-refractivity contribution in [3.63, 3.8) is 0 Å². The van der Waals surface area contributed by atoms with Gasteiger partial charge < -0.3 is 4.57 Å². The average Bonchev–Trinajstić information content (AvgIpc) is 3.47. The summed E-state index contributed by atoms with van der Waals surface area (Å²) in [6.07, 6.45) is 6.95. The average molecular weight is 386 g/mol. The summed E-state index contributed by atoms with van der Waals surface area (Å²) in [4.78, 5) is 0. The first-order valence-electron chi connectivity index (χ1n) is 10.6. The number of nitrogens with zero attached hydrogens (tertiary/aromatic N) is 1. The molecule has 30 heavy (non-hydrogen) atoms. The Morgan fingerprint density at radius 3 is 2.30 bits per heavy atom. The molecule has 0 saturated carbocycles. The van der Waals surface area contributed by atoms with E-state index in [1.807, 2.05) is 0 Å². The minimum Gasteiger partial charge on any atom is -0.309 e. The fourth-order valence-corrected chi connectivity index (χ4v) is 5.09. The molecule has 2 aliphatic carbocycles. The maximum absolute atomic E-state index is 2.45. The molecule has 6 rings (SSSR count). The van der Waals surface area contributed by atoms with Gasteiger partial charge in [-0.1, -0.05) is 84.5 Å². The Bertz CT molecular complexity index is 1390. The van der Waals surface area contributed by atoms with E-state index in [9.17, 15) is 0 Å². The third-order valence-corrected chi connectivity index (χ3v) is 6.43. The van der Waals surface area contributed by atoms with Crippen LogP contribution in [-0.2, 0) is 0 Å². The van der Waals surface area contributed by atoms with E-state index >= 15 is 0 Å². The summed E-state index contributed by atoms with van der Waals surface area (Å²) in [6, 6.07) is 28.5. The van der Waals surface area contributed by atoms with Crippen molar-refractivity contribution in [1.29, 1.82) is 0 Å². The first kappa shape index (κ1) is 17.3. The minimum atomic E-state index is 0.263. The summed E-state index contributed by atoms with van der Waals surface area (Å²) in [5.41, 5.74) is 12.1. The van der Waals surface area contributed by atoms with Crippen molar-refractivity contribution >= 4 is 10.9 Å². The van der Waals surface area contributed by atoms with E-state index in [0.717, 1.165) is 0 Å². The van der Waals surface area contributed by atoms with E-state index < -0.39 is 0 Å². The van der Waals surface area contributed by atoms with Gasteiger partial charge in [0.2, 0.25) is 0 Å². The Balaban J connectivity index is 1.72. The van der Waals surface area contributed by atoms with E-state index in [2.05, 4.69) is 116 Å². The highest BCUT2D eigenvalue weighted by atomic mass is 15.0. The van der Waals surface area contributed by atoms with Crippen molar-refractivity contribution in [2.24, 2.45) is 0 Å². The van der Waals surface area contributed by atoms with Gasteiger partial charge >= 0.3 is 0 Å². The summed E-state index contributed by atoms with van der Waals surface area (Å²) in [5.74, 6) is 0.263. The quantitative estimate of drug-likeness (QED) is 0.335. The molecule has 2 aliphatic rings. The molecule has 1 aromatic heterocycles. The van der Waals surface area contributed by atoms with Gasteiger partial charge in [-0.25, -0.2) is 0 Å². The van der Waals surface area contributed by atoms with Crippen LogP contribution in [0.15, 0.2) is 114 Å². The van der Waals surface area contributed by atoms with Crippen LogP contribution >= 0.6 is 0 Å². The SMILES string of the molecule is CC(C)=C1C=CC(C2c3ccccc3-c3c2c2ccccc2n3-c2ccccc2)=C1. The minimum absolute atomic E-state index is 0.263. The molecular weight excluding hydrogens is 362 g/mol. The van der Waals surface area contributed by atoms with Gasteiger partial charge in [0.25, 0.3) is 0 Å². The molecule has 4 aromatic rings. The molecule has 3 aromatic carbocycles. The van der Waals surface area contributed by atoms with Crippen molar-refractivity contribution in [3.8, 4) is 16.9 Å². The molecule has 1 atom stereocenters. The summed E-state index contributed by atoms with van der Waals surface area (Å²) >= 11 is 0. The fourth-order valence-electron chi connectivity index (χ4n) is 5.09. The number of hydrogen-bond donors (Lipinski definition) is 0. The topological polar surface area (TPSA) is 4.93 Å². The maximum atomic E-state index is 2.45. The normalized spacial score (nSPS) is 16.7. The number of para-hydroxylation sites is 2. The van der Waals surface area contributed by atoms with Crippen LogP contribution in [0.2, 0.25) is 0 Å². The lowest BCUT2D eigenvalue weighted by Gasteiger charge is -2.14. The highest BCUT2D eigenvalue weighted by Gasteiger charge is 2.36. The van der Waals surface area contributed by atoms with Gasteiger partial charge in [-0.2, -0.15) is 0 Å². The Hall–Kier alpha value is -3.58. The first-order chi connectivity index (χ1) is 14.7. The molecule has 0 radical (unpaired) electrons. The number of aromatic nitrogens is 1. The predicted molar refractivity (Wildman–Crippen MR) is 126 cm³/mol. The Kier molecular flexibility index (Phi) is 3.73. The van der Waals surface area contributed by atoms with Crippen LogP contribution in [0.3, 0.4) is 0 Å². The molecule has 144 valence electrons. The lowest BCUT2D eigenvalue weighted by Crippen LogP contribution is -1.98. The van der Waals surface area contributed by atoms with Gasteiger partial charge in [-0.3, -0.25) is 0 Å². The standard InChI is InChI=1S/C29H23N/c1-19(2)20-16-17-21(18-20)27-23-12-6-7-13-24(23)29-28(27)25-14-8-9-15-26(25)30(29)22-10-4-3-5-11-22/h3-18,27H,1-2H3. The molecule has 1 heterocycles. The van der Waals surface area contributed by atoms with Crippen molar-refractivity contribution in [2.75, 3.05) is 0 Å². The zero-order valence-electron chi connectivity index (χ0n) is 17.3. The van der Waals surface area contributed by atoms with Gasteiger partial charge in [-0.05, 0) is 54.3 Å². The molecule has 0 fully saturated rings. The number of hydrogen-bond acceptors (Lipinski definition) is 0. The summed E-state index contributed by atoms with van der Waals surface area (Å²) in [5, 5.41) is 1.34. The summed E-state index contributed by atoms with van der Waals surface area (Å²) < 4.78 is 2.45. The highest BCUT2D eigenvalue weighted by molar-refractivity contribution is 5.99. The van der Waals surface area contributed by atoms with E-state index in [1.165, 1.54) is 55.7 Å². The molecule has 0 aliphatic heterocycles. The summed E-state index contributed by atoms with van der Waals surface area (Å²) in [7, 11) is 0. The van der Waals surface area contributed by atoms with Gasteiger partial charge in [-0.15, -0.1) is 0 Å². The highest BCUT2D eigenvalue weighted by Crippen LogP contribution is 2.54. The first-order valence-corrected chi connectivity index (χ1v) is 10.6. The number of rotatable bonds is 2.